The number of halogens is 2. The van der Waals surface area contributed by atoms with Crippen LogP contribution in [0.5, 0.6) is 0 Å². The number of carbonyl (C=O) groups excluding carboxylic acids is 1. The Morgan fingerprint density at radius 3 is 2.61 bits per heavy atom. The molecule has 0 aliphatic rings. The van der Waals surface area contributed by atoms with Crippen molar-refractivity contribution in [3.05, 3.63) is 35.6 Å². The van der Waals surface area contributed by atoms with Crippen molar-refractivity contribution in [3.8, 4) is 0 Å². The first-order valence-electron chi connectivity index (χ1n) is 5.80. The summed E-state index contributed by atoms with van der Waals surface area (Å²) < 4.78 is 13.4. The number of benzene rings is 1. The van der Waals surface area contributed by atoms with Gasteiger partial charge in [0.2, 0.25) is 5.91 Å². The van der Waals surface area contributed by atoms with Gasteiger partial charge in [-0.05, 0) is 12.5 Å². The minimum Gasteiger partial charge on any atom is -0.340 e. The Labute approximate surface area is 114 Å². The molecule has 1 rings (SSSR count). The normalized spacial score (nSPS) is 11.6. The number of rotatable bonds is 5. The fraction of sp³-hybridized carbons (Fsp3) is 0.462. The lowest BCUT2D eigenvalue weighted by molar-refractivity contribution is -0.132. The minimum absolute atomic E-state index is 0. The maximum absolute atomic E-state index is 13.4. The first-order valence-corrected chi connectivity index (χ1v) is 5.80. The third kappa shape index (κ3) is 4.63. The van der Waals surface area contributed by atoms with Crippen LogP contribution < -0.4 is 5.73 Å². The molecule has 1 aromatic carbocycles. The molecular weight excluding hydrogens is 255 g/mol. The molecule has 0 fully saturated rings. The fourth-order valence-electron chi connectivity index (χ4n) is 1.68. The molecule has 1 amide bonds. The van der Waals surface area contributed by atoms with Gasteiger partial charge in [-0.3, -0.25) is 4.79 Å². The van der Waals surface area contributed by atoms with E-state index in [9.17, 15) is 9.18 Å². The summed E-state index contributed by atoms with van der Waals surface area (Å²) in [6, 6.07) is 5.95. The molecule has 5 heteroatoms. The summed E-state index contributed by atoms with van der Waals surface area (Å²) >= 11 is 0. The molecule has 1 aromatic rings. The Kier molecular flexibility index (Phi) is 7.55. The van der Waals surface area contributed by atoms with E-state index >= 15 is 0 Å². The van der Waals surface area contributed by atoms with E-state index in [1.807, 2.05) is 6.92 Å². The third-order valence-corrected chi connectivity index (χ3v) is 2.66. The largest absolute Gasteiger partial charge is 0.340 e. The lowest BCUT2D eigenvalue weighted by Crippen LogP contribution is -2.41. The van der Waals surface area contributed by atoms with Crippen LogP contribution in [0, 0.1) is 5.82 Å². The van der Waals surface area contributed by atoms with Gasteiger partial charge in [-0.25, -0.2) is 4.39 Å². The lowest BCUT2D eigenvalue weighted by Gasteiger charge is -2.21. The second-order valence-electron chi connectivity index (χ2n) is 4.18. The standard InChI is InChI=1S/C13H19FN2O.ClH/c1-3-6-12(15)13(17)16(2)9-10-7-4-5-8-11(10)14;/h4-5,7-8,12H,3,6,9,15H2,1-2H3;1H. The zero-order valence-electron chi connectivity index (χ0n) is 10.7. The van der Waals surface area contributed by atoms with E-state index < -0.39 is 6.04 Å². The van der Waals surface area contributed by atoms with Crippen molar-refractivity contribution >= 4 is 18.3 Å². The van der Waals surface area contributed by atoms with Crippen LogP contribution >= 0.6 is 12.4 Å². The van der Waals surface area contributed by atoms with E-state index in [0.717, 1.165) is 6.42 Å². The molecule has 0 saturated heterocycles. The number of likely N-dealkylation sites (N-methyl/N-ethyl adjacent to an activating group) is 1. The Morgan fingerprint density at radius 2 is 2.06 bits per heavy atom. The average molecular weight is 275 g/mol. The van der Waals surface area contributed by atoms with E-state index in [0.29, 0.717) is 12.0 Å². The van der Waals surface area contributed by atoms with Crippen LogP contribution in [0.4, 0.5) is 4.39 Å². The molecule has 0 bridgehead atoms. The van der Waals surface area contributed by atoms with Gasteiger partial charge in [-0.2, -0.15) is 0 Å². The number of carbonyl (C=O) groups is 1. The second-order valence-corrected chi connectivity index (χ2v) is 4.18. The van der Waals surface area contributed by atoms with Crippen molar-refractivity contribution in [2.24, 2.45) is 5.73 Å². The second kappa shape index (κ2) is 8.06. The number of nitrogens with two attached hydrogens (primary N) is 1. The smallest absolute Gasteiger partial charge is 0.239 e. The topological polar surface area (TPSA) is 46.3 Å². The van der Waals surface area contributed by atoms with Gasteiger partial charge < -0.3 is 10.6 Å². The minimum atomic E-state index is -0.489. The number of amides is 1. The van der Waals surface area contributed by atoms with Gasteiger partial charge >= 0.3 is 0 Å². The van der Waals surface area contributed by atoms with Crippen molar-refractivity contribution < 1.29 is 9.18 Å². The highest BCUT2D eigenvalue weighted by atomic mass is 35.5. The number of nitrogens with zero attached hydrogens (tertiary/aromatic N) is 1. The first kappa shape index (κ1) is 16.9. The van der Waals surface area contributed by atoms with Crippen molar-refractivity contribution in [3.63, 3.8) is 0 Å². The van der Waals surface area contributed by atoms with Crippen LogP contribution in [0.25, 0.3) is 0 Å². The van der Waals surface area contributed by atoms with Gasteiger partial charge in [0.15, 0.2) is 0 Å². The SMILES string of the molecule is CCCC(N)C(=O)N(C)Cc1ccccc1F.Cl. The molecular formula is C13H20ClFN2O. The van der Waals surface area contributed by atoms with Crippen molar-refractivity contribution in [2.45, 2.75) is 32.4 Å². The molecule has 1 atom stereocenters. The number of hydrogen-bond acceptors (Lipinski definition) is 2. The van der Waals surface area contributed by atoms with Crippen molar-refractivity contribution in [1.29, 1.82) is 0 Å². The third-order valence-electron chi connectivity index (χ3n) is 2.66. The zero-order valence-corrected chi connectivity index (χ0v) is 11.5. The van der Waals surface area contributed by atoms with Crippen LogP contribution in [0.2, 0.25) is 0 Å². The van der Waals surface area contributed by atoms with Crippen LogP contribution in [0.15, 0.2) is 24.3 Å². The maximum atomic E-state index is 13.4. The molecule has 2 N–H and O–H groups in total. The first-order chi connectivity index (χ1) is 8.06. The van der Waals surface area contributed by atoms with Crippen LogP contribution in [0.3, 0.4) is 0 Å². The number of hydrogen-bond donors (Lipinski definition) is 1. The predicted molar refractivity (Wildman–Crippen MR) is 73.0 cm³/mol. The molecule has 1 unspecified atom stereocenters. The lowest BCUT2D eigenvalue weighted by atomic mass is 10.1. The average Bonchev–Trinajstić information content (AvgIpc) is 2.31. The van der Waals surface area contributed by atoms with E-state index in [2.05, 4.69) is 0 Å². The van der Waals surface area contributed by atoms with Gasteiger partial charge in [0.25, 0.3) is 0 Å². The van der Waals surface area contributed by atoms with E-state index in [1.165, 1.54) is 11.0 Å². The summed E-state index contributed by atoms with van der Waals surface area (Å²) in [6.45, 7) is 2.23. The Morgan fingerprint density at radius 1 is 1.44 bits per heavy atom. The Bertz CT molecular complexity index is 387. The van der Waals surface area contributed by atoms with Crippen molar-refractivity contribution in [1.82, 2.24) is 4.90 Å². The van der Waals surface area contributed by atoms with Gasteiger partial charge in [-0.1, -0.05) is 31.5 Å². The highest BCUT2D eigenvalue weighted by molar-refractivity contribution is 5.85. The Balaban J connectivity index is 0.00000289. The quantitative estimate of drug-likeness (QED) is 0.896. The van der Waals surface area contributed by atoms with E-state index in [1.54, 1.807) is 25.2 Å². The maximum Gasteiger partial charge on any atom is 0.239 e. The molecule has 0 aromatic heterocycles. The van der Waals surface area contributed by atoms with Gasteiger partial charge in [0, 0.05) is 19.2 Å². The summed E-state index contributed by atoms with van der Waals surface area (Å²) in [4.78, 5) is 13.3. The molecule has 0 spiro atoms. The summed E-state index contributed by atoms with van der Waals surface area (Å²) in [7, 11) is 1.64. The molecule has 0 aliphatic carbocycles. The van der Waals surface area contributed by atoms with E-state index in [-0.39, 0.29) is 30.7 Å². The van der Waals surface area contributed by atoms with Crippen LogP contribution in [-0.4, -0.2) is 23.9 Å². The molecule has 3 nitrogen and oxygen atoms in total. The van der Waals surface area contributed by atoms with Crippen molar-refractivity contribution in [2.75, 3.05) is 7.05 Å². The van der Waals surface area contributed by atoms with E-state index in [4.69, 9.17) is 5.73 Å². The molecule has 0 saturated carbocycles. The molecule has 0 aliphatic heterocycles. The van der Waals surface area contributed by atoms with Gasteiger partial charge in [0.05, 0.1) is 6.04 Å². The fourth-order valence-corrected chi connectivity index (χ4v) is 1.68. The molecule has 102 valence electrons. The summed E-state index contributed by atoms with van der Waals surface area (Å²) in [5.74, 6) is -0.439. The monoisotopic (exact) mass is 274 g/mol. The summed E-state index contributed by atoms with van der Waals surface area (Å²) in [5.41, 5.74) is 6.24. The highest BCUT2D eigenvalue weighted by Crippen LogP contribution is 2.10. The highest BCUT2D eigenvalue weighted by Gasteiger charge is 2.17. The van der Waals surface area contributed by atoms with Crippen LogP contribution in [-0.2, 0) is 11.3 Å². The van der Waals surface area contributed by atoms with Crippen LogP contribution in [0.1, 0.15) is 25.3 Å². The summed E-state index contributed by atoms with van der Waals surface area (Å²) in [6.07, 6.45) is 1.51. The molecule has 0 radical (unpaired) electrons. The molecule has 18 heavy (non-hydrogen) atoms. The zero-order chi connectivity index (χ0) is 12.8. The summed E-state index contributed by atoms with van der Waals surface area (Å²) in [5, 5.41) is 0. The predicted octanol–water partition coefficient (Wildman–Crippen LogP) is 2.33. The van der Waals surface area contributed by atoms with Gasteiger partial charge in [-0.15, -0.1) is 12.4 Å². The van der Waals surface area contributed by atoms with Gasteiger partial charge in [0.1, 0.15) is 5.82 Å². The molecule has 0 heterocycles. The Hall–Kier alpha value is -1.13.